The van der Waals surface area contributed by atoms with Gasteiger partial charge in [-0.05, 0) is 38.7 Å². The van der Waals surface area contributed by atoms with Crippen molar-refractivity contribution in [3.63, 3.8) is 0 Å². The van der Waals surface area contributed by atoms with E-state index in [-0.39, 0.29) is 12.1 Å². The van der Waals surface area contributed by atoms with Crippen LogP contribution in [0.3, 0.4) is 0 Å². The molecule has 24 heavy (non-hydrogen) atoms. The van der Waals surface area contributed by atoms with E-state index >= 15 is 0 Å². The molecule has 0 fully saturated rings. The number of aryl methyl sites for hydroxylation is 1. The number of nitrogens with zero attached hydrogens (tertiary/aromatic N) is 3. The van der Waals surface area contributed by atoms with E-state index < -0.39 is 0 Å². The van der Waals surface area contributed by atoms with Crippen LogP contribution in [0.4, 0.5) is 10.5 Å². The van der Waals surface area contributed by atoms with Gasteiger partial charge in [0, 0.05) is 25.2 Å². The Morgan fingerprint density at radius 3 is 2.71 bits per heavy atom. The molecule has 3 rings (SSSR count). The number of pyridine rings is 1. The van der Waals surface area contributed by atoms with E-state index in [1.54, 1.807) is 4.90 Å². The van der Waals surface area contributed by atoms with Gasteiger partial charge < -0.3 is 10.2 Å². The average molecular weight is 324 g/mol. The molecule has 0 bridgehead atoms. The van der Waals surface area contributed by atoms with Crippen LogP contribution in [-0.2, 0) is 6.42 Å². The Hall–Kier alpha value is -2.40. The van der Waals surface area contributed by atoms with Crippen molar-refractivity contribution in [1.82, 2.24) is 15.2 Å². The number of amides is 2. The van der Waals surface area contributed by atoms with Crippen LogP contribution >= 0.6 is 0 Å². The fourth-order valence-electron chi connectivity index (χ4n) is 3.14. The van der Waals surface area contributed by atoms with Crippen LogP contribution in [0, 0.1) is 6.92 Å². The molecule has 2 amide bonds. The van der Waals surface area contributed by atoms with Crippen molar-refractivity contribution in [2.24, 2.45) is 0 Å². The van der Waals surface area contributed by atoms with Gasteiger partial charge in [-0.1, -0.05) is 30.3 Å². The monoisotopic (exact) mass is 324 g/mol. The lowest BCUT2D eigenvalue weighted by molar-refractivity contribution is 0.238. The summed E-state index contributed by atoms with van der Waals surface area (Å²) in [6, 6.07) is 14.3. The van der Waals surface area contributed by atoms with Crippen LogP contribution in [0.15, 0.2) is 42.5 Å². The first-order chi connectivity index (χ1) is 11.6. The van der Waals surface area contributed by atoms with E-state index in [0.29, 0.717) is 13.1 Å². The molecule has 1 aromatic heterocycles. The van der Waals surface area contributed by atoms with Crippen molar-refractivity contribution in [2.75, 3.05) is 32.1 Å². The van der Waals surface area contributed by atoms with Gasteiger partial charge in [-0.15, -0.1) is 0 Å². The number of hydrogen-bond donors (Lipinski definition) is 1. The lowest BCUT2D eigenvalue weighted by atomic mass is 10.1. The van der Waals surface area contributed by atoms with Crippen LogP contribution in [0.2, 0.25) is 0 Å². The molecule has 0 aliphatic carbocycles. The summed E-state index contributed by atoms with van der Waals surface area (Å²) in [5, 5.41) is 3.08. The van der Waals surface area contributed by atoms with Gasteiger partial charge in [0.05, 0.1) is 17.4 Å². The summed E-state index contributed by atoms with van der Waals surface area (Å²) in [4.78, 5) is 21.1. The quantitative estimate of drug-likeness (QED) is 0.941. The van der Waals surface area contributed by atoms with Gasteiger partial charge >= 0.3 is 6.03 Å². The van der Waals surface area contributed by atoms with Crippen LogP contribution in [0.1, 0.15) is 23.0 Å². The molecule has 2 heterocycles. The molecule has 1 aromatic carbocycles. The van der Waals surface area contributed by atoms with E-state index in [1.807, 2.05) is 51.4 Å². The number of nitrogens with one attached hydrogen (secondary N) is 1. The Morgan fingerprint density at radius 2 is 2.00 bits per heavy atom. The molecular weight excluding hydrogens is 300 g/mol. The molecule has 2 aromatic rings. The Bertz CT molecular complexity index is 715. The van der Waals surface area contributed by atoms with E-state index in [0.717, 1.165) is 23.5 Å². The number of aromatic nitrogens is 1. The van der Waals surface area contributed by atoms with Crippen LogP contribution < -0.4 is 10.2 Å². The number of carbonyl (C=O) groups is 1. The zero-order valence-corrected chi connectivity index (χ0v) is 14.5. The molecule has 1 N–H and O–H groups in total. The number of anilines is 1. The number of carbonyl (C=O) groups excluding carboxylic acids is 1. The third-order valence-electron chi connectivity index (χ3n) is 4.45. The van der Waals surface area contributed by atoms with Crippen molar-refractivity contribution >= 4 is 11.7 Å². The van der Waals surface area contributed by atoms with Gasteiger partial charge in [0.25, 0.3) is 0 Å². The molecule has 1 aliphatic heterocycles. The molecule has 126 valence electrons. The molecule has 1 atom stereocenters. The third-order valence-corrected chi connectivity index (χ3v) is 4.45. The molecule has 0 saturated carbocycles. The first-order valence-electron chi connectivity index (χ1n) is 8.29. The van der Waals surface area contributed by atoms with E-state index in [1.165, 1.54) is 5.56 Å². The van der Waals surface area contributed by atoms with E-state index in [9.17, 15) is 4.79 Å². The largest absolute Gasteiger partial charge is 0.336 e. The van der Waals surface area contributed by atoms with Crippen LogP contribution in [-0.4, -0.2) is 43.1 Å². The van der Waals surface area contributed by atoms with Crippen molar-refractivity contribution in [3.8, 4) is 0 Å². The summed E-state index contributed by atoms with van der Waals surface area (Å²) >= 11 is 0. The molecule has 5 heteroatoms. The minimum atomic E-state index is -0.0535. The Morgan fingerprint density at radius 1 is 1.25 bits per heavy atom. The van der Waals surface area contributed by atoms with Gasteiger partial charge in [0.1, 0.15) is 0 Å². The highest BCUT2D eigenvalue weighted by molar-refractivity contribution is 5.93. The normalized spacial score (nSPS) is 14.6. The average Bonchev–Trinajstić information content (AvgIpc) is 2.98. The second-order valence-corrected chi connectivity index (χ2v) is 6.40. The minimum Gasteiger partial charge on any atom is -0.336 e. The second kappa shape index (κ2) is 7.01. The molecule has 1 aliphatic rings. The topological polar surface area (TPSA) is 48.5 Å². The molecule has 1 unspecified atom stereocenters. The van der Waals surface area contributed by atoms with Crippen molar-refractivity contribution in [1.29, 1.82) is 0 Å². The number of fused-ring (bicyclic) bond motifs is 1. The lowest BCUT2D eigenvalue weighted by Crippen LogP contribution is -2.42. The maximum atomic E-state index is 12.6. The van der Waals surface area contributed by atoms with E-state index in [4.69, 9.17) is 0 Å². The predicted octanol–water partition coefficient (Wildman–Crippen LogP) is 2.77. The summed E-state index contributed by atoms with van der Waals surface area (Å²) in [5.74, 6) is 0. The standard InChI is InChI=1S/C19H24N4O/c1-14-9-10-17-16(21-14)11-12-23(17)19(24)20-13-18(22(2)3)15-7-5-4-6-8-15/h4-10,18H,11-13H2,1-3H3,(H,20,24). The summed E-state index contributed by atoms with van der Waals surface area (Å²) in [6.07, 6.45) is 0.820. The zero-order chi connectivity index (χ0) is 17.1. The Kier molecular flexibility index (Phi) is 4.81. The van der Waals surface area contributed by atoms with Crippen LogP contribution in [0.25, 0.3) is 0 Å². The van der Waals surface area contributed by atoms with Crippen molar-refractivity contribution < 1.29 is 4.79 Å². The molecular formula is C19H24N4O. The summed E-state index contributed by atoms with van der Waals surface area (Å²) in [7, 11) is 4.06. The lowest BCUT2D eigenvalue weighted by Gasteiger charge is -2.26. The van der Waals surface area contributed by atoms with E-state index in [2.05, 4.69) is 27.3 Å². The van der Waals surface area contributed by atoms with Gasteiger partial charge in [-0.25, -0.2) is 4.79 Å². The number of rotatable bonds is 4. The molecule has 0 saturated heterocycles. The fourth-order valence-corrected chi connectivity index (χ4v) is 3.14. The first-order valence-corrected chi connectivity index (χ1v) is 8.29. The highest BCUT2D eigenvalue weighted by Gasteiger charge is 2.26. The van der Waals surface area contributed by atoms with Gasteiger partial charge in [0.2, 0.25) is 0 Å². The summed E-state index contributed by atoms with van der Waals surface area (Å²) in [5.41, 5.74) is 4.13. The number of benzene rings is 1. The number of urea groups is 1. The Balaban J connectivity index is 1.68. The third kappa shape index (κ3) is 3.41. The molecule has 0 radical (unpaired) electrons. The Labute approximate surface area is 143 Å². The maximum Gasteiger partial charge on any atom is 0.322 e. The number of likely N-dealkylation sites (N-methyl/N-ethyl adjacent to an activating group) is 1. The molecule has 0 spiro atoms. The SMILES string of the molecule is Cc1ccc2c(n1)CCN2C(=O)NCC(c1ccccc1)N(C)C. The van der Waals surface area contributed by atoms with Crippen LogP contribution in [0.5, 0.6) is 0 Å². The van der Waals surface area contributed by atoms with Crippen molar-refractivity contribution in [3.05, 3.63) is 59.4 Å². The fraction of sp³-hybridized carbons (Fsp3) is 0.368. The first kappa shape index (κ1) is 16.5. The highest BCUT2D eigenvalue weighted by Crippen LogP contribution is 2.26. The number of hydrogen-bond acceptors (Lipinski definition) is 3. The minimum absolute atomic E-state index is 0.0535. The maximum absolute atomic E-state index is 12.6. The van der Waals surface area contributed by atoms with Crippen molar-refractivity contribution in [2.45, 2.75) is 19.4 Å². The van der Waals surface area contributed by atoms with Gasteiger partial charge in [0.15, 0.2) is 0 Å². The molecule has 5 nitrogen and oxygen atoms in total. The zero-order valence-electron chi connectivity index (χ0n) is 14.5. The second-order valence-electron chi connectivity index (χ2n) is 6.40. The summed E-state index contributed by atoms with van der Waals surface area (Å²) in [6.45, 7) is 3.24. The predicted molar refractivity (Wildman–Crippen MR) is 96.3 cm³/mol. The smallest absolute Gasteiger partial charge is 0.322 e. The summed E-state index contributed by atoms with van der Waals surface area (Å²) < 4.78 is 0. The highest BCUT2D eigenvalue weighted by atomic mass is 16.2. The van der Waals surface area contributed by atoms with Gasteiger partial charge in [-0.3, -0.25) is 9.88 Å². The van der Waals surface area contributed by atoms with Gasteiger partial charge in [-0.2, -0.15) is 0 Å².